The zero-order valence-corrected chi connectivity index (χ0v) is 16.1. The molecule has 0 radical (unpaired) electrons. The molecule has 138 valence electrons. The van der Waals surface area contributed by atoms with Gasteiger partial charge in [-0.05, 0) is 37.8 Å². The summed E-state index contributed by atoms with van der Waals surface area (Å²) < 4.78 is 4.94. The van der Waals surface area contributed by atoms with Crippen LogP contribution in [0, 0.1) is 5.92 Å². The summed E-state index contributed by atoms with van der Waals surface area (Å²) in [7, 11) is 1.82. The van der Waals surface area contributed by atoms with Crippen LogP contribution in [0.25, 0.3) is 0 Å². The van der Waals surface area contributed by atoms with E-state index < -0.39 is 0 Å². The molecule has 5 nitrogen and oxygen atoms in total. The SMILES string of the molecule is CCOC(=O)CCCNC(=NC)N1CCC(CSc2ccccc2)C1. The van der Waals surface area contributed by atoms with Gasteiger partial charge in [0.25, 0.3) is 0 Å². The van der Waals surface area contributed by atoms with Crippen molar-refractivity contribution in [2.45, 2.75) is 31.1 Å². The Labute approximate surface area is 155 Å². The number of ether oxygens (including phenoxy) is 1. The molecule has 0 saturated carbocycles. The van der Waals surface area contributed by atoms with E-state index in [4.69, 9.17) is 4.74 Å². The molecule has 0 amide bonds. The number of esters is 1. The smallest absolute Gasteiger partial charge is 0.305 e. The van der Waals surface area contributed by atoms with Crippen LogP contribution in [-0.2, 0) is 9.53 Å². The number of nitrogens with zero attached hydrogens (tertiary/aromatic N) is 2. The highest BCUT2D eigenvalue weighted by Gasteiger charge is 2.24. The van der Waals surface area contributed by atoms with E-state index in [0.717, 1.165) is 37.8 Å². The molecule has 1 aromatic carbocycles. The molecule has 2 rings (SSSR count). The summed E-state index contributed by atoms with van der Waals surface area (Å²) in [5.74, 6) is 2.64. The maximum Gasteiger partial charge on any atom is 0.305 e. The van der Waals surface area contributed by atoms with Crippen LogP contribution in [0.5, 0.6) is 0 Å². The van der Waals surface area contributed by atoms with Gasteiger partial charge in [0.1, 0.15) is 0 Å². The number of guanidine groups is 1. The minimum Gasteiger partial charge on any atom is -0.466 e. The first-order valence-electron chi connectivity index (χ1n) is 9.02. The van der Waals surface area contributed by atoms with Crippen molar-refractivity contribution >= 4 is 23.7 Å². The van der Waals surface area contributed by atoms with Crippen LogP contribution in [-0.4, -0.2) is 55.9 Å². The zero-order valence-electron chi connectivity index (χ0n) is 15.2. The lowest BCUT2D eigenvalue weighted by atomic mass is 10.2. The molecule has 1 heterocycles. The second kappa shape index (κ2) is 11.0. The van der Waals surface area contributed by atoms with Crippen molar-refractivity contribution in [3.8, 4) is 0 Å². The van der Waals surface area contributed by atoms with Gasteiger partial charge in [0, 0.05) is 43.8 Å². The van der Waals surface area contributed by atoms with Gasteiger partial charge in [0.05, 0.1) is 6.61 Å². The number of nitrogens with one attached hydrogen (secondary N) is 1. The third kappa shape index (κ3) is 6.98. The molecule has 1 unspecified atom stereocenters. The van der Waals surface area contributed by atoms with Crippen molar-refractivity contribution in [1.82, 2.24) is 10.2 Å². The van der Waals surface area contributed by atoms with Gasteiger partial charge >= 0.3 is 5.97 Å². The molecule has 25 heavy (non-hydrogen) atoms. The first-order valence-corrected chi connectivity index (χ1v) is 10.0. The van der Waals surface area contributed by atoms with E-state index in [0.29, 0.717) is 18.9 Å². The molecular formula is C19H29N3O2S. The Bertz CT molecular complexity index is 551. The molecule has 0 spiro atoms. The van der Waals surface area contributed by atoms with E-state index in [1.165, 1.54) is 11.3 Å². The number of hydrogen-bond acceptors (Lipinski definition) is 4. The molecule has 1 aliphatic rings. The Morgan fingerprint density at radius 1 is 1.40 bits per heavy atom. The van der Waals surface area contributed by atoms with E-state index in [9.17, 15) is 4.79 Å². The summed E-state index contributed by atoms with van der Waals surface area (Å²) in [6.07, 6.45) is 2.41. The van der Waals surface area contributed by atoms with Crippen LogP contribution in [0.2, 0.25) is 0 Å². The van der Waals surface area contributed by atoms with Crippen molar-refractivity contribution in [2.75, 3.05) is 39.0 Å². The quantitative estimate of drug-likeness (QED) is 0.253. The van der Waals surface area contributed by atoms with Gasteiger partial charge in [-0.1, -0.05) is 18.2 Å². The second-order valence-corrected chi connectivity index (χ2v) is 7.20. The minimum absolute atomic E-state index is 0.126. The highest BCUT2D eigenvalue weighted by Crippen LogP contribution is 2.25. The van der Waals surface area contributed by atoms with Gasteiger partial charge in [-0.3, -0.25) is 9.79 Å². The van der Waals surface area contributed by atoms with Crippen LogP contribution in [0.4, 0.5) is 0 Å². The second-order valence-electron chi connectivity index (χ2n) is 6.11. The van der Waals surface area contributed by atoms with Crippen molar-refractivity contribution < 1.29 is 9.53 Å². The molecule has 1 fully saturated rings. The normalized spacial score (nSPS) is 17.6. The van der Waals surface area contributed by atoms with Crippen molar-refractivity contribution in [3.05, 3.63) is 30.3 Å². The molecule has 6 heteroatoms. The van der Waals surface area contributed by atoms with Crippen LogP contribution in [0.15, 0.2) is 40.2 Å². The first kappa shape index (κ1) is 19.6. The van der Waals surface area contributed by atoms with Crippen molar-refractivity contribution in [3.63, 3.8) is 0 Å². The number of thioether (sulfide) groups is 1. The summed E-state index contributed by atoms with van der Waals surface area (Å²) in [6, 6.07) is 10.6. The topological polar surface area (TPSA) is 53.9 Å². The van der Waals surface area contributed by atoms with E-state index in [1.807, 2.05) is 25.7 Å². The first-order chi connectivity index (χ1) is 12.2. The van der Waals surface area contributed by atoms with Gasteiger partial charge in [0.15, 0.2) is 5.96 Å². The van der Waals surface area contributed by atoms with Crippen molar-refractivity contribution in [1.29, 1.82) is 0 Å². The molecule has 1 aromatic rings. The van der Waals surface area contributed by atoms with E-state index in [2.05, 4.69) is 45.5 Å². The number of likely N-dealkylation sites (tertiary alicyclic amines) is 1. The number of carbonyl (C=O) groups excluding carboxylic acids is 1. The predicted molar refractivity (Wildman–Crippen MR) is 104 cm³/mol. The third-order valence-corrected chi connectivity index (χ3v) is 5.42. The lowest BCUT2D eigenvalue weighted by Crippen LogP contribution is -2.40. The van der Waals surface area contributed by atoms with E-state index in [-0.39, 0.29) is 5.97 Å². The average molecular weight is 364 g/mol. The summed E-state index contributed by atoms with van der Waals surface area (Å²) in [5.41, 5.74) is 0. The van der Waals surface area contributed by atoms with Crippen molar-refractivity contribution in [2.24, 2.45) is 10.9 Å². The molecule has 1 aliphatic heterocycles. The lowest BCUT2D eigenvalue weighted by molar-refractivity contribution is -0.143. The van der Waals surface area contributed by atoms with Crippen LogP contribution in [0.3, 0.4) is 0 Å². The monoisotopic (exact) mass is 363 g/mol. The fraction of sp³-hybridized carbons (Fsp3) is 0.579. The third-order valence-electron chi connectivity index (χ3n) is 4.17. The van der Waals surface area contributed by atoms with Crippen LogP contribution >= 0.6 is 11.8 Å². The average Bonchev–Trinajstić information content (AvgIpc) is 3.10. The molecule has 1 N–H and O–H groups in total. The minimum atomic E-state index is -0.126. The van der Waals surface area contributed by atoms with Gasteiger partial charge in [-0.15, -0.1) is 11.8 Å². The summed E-state index contributed by atoms with van der Waals surface area (Å²) >= 11 is 1.93. The molecule has 1 atom stereocenters. The maximum atomic E-state index is 11.4. The number of carbonyl (C=O) groups is 1. The summed E-state index contributed by atoms with van der Waals surface area (Å²) in [6.45, 7) is 5.10. The largest absolute Gasteiger partial charge is 0.466 e. The maximum absolute atomic E-state index is 11.4. The van der Waals surface area contributed by atoms with E-state index in [1.54, 1.807) is 0 Å². The van der Waals surface area contributed by atoms with E-state index >= 15 is 0 Å². The van der Waals surface area contributed by atoms with Gasteiger partial charge in [-0.25, -0.2) is 0 Å². The Morgan fingerprint density at radius 2 is 2.20 bits per heavy atom. The predicted octanol–water partition coefficient (Wildman–Crippen LogP) is 3.02. The summed E-state index contributed by atoms with van der Waals surface area (Å²) in [4.78, 5) is 19.4. The van der Waals surface area contributed by atoms with Gasteiger partial charge in [0.2, 0.25) is 0 Å². The fourth-order valence-electron chi connectivity index (χ4n) is 2.89. The molecule has 1 saturated heterocycles. The van der Waals surface area contributed by atoms with Crippen LogP contribution < -0.4 is 5.32 Å². The Hall–Kier alpha value is -1.69. The van der Waals surface area contributed by atoms with Crippen LogP contribution in [0.1, 0.15) is 26.2 Å². The number of aliphatic imine (C=N–C) groups is 1. The summed E-state index contributed by atoms with van der Waals surface area (Å²) in [5, 5.41) is 3.36. The highest BCUT2D eigenvalue weighted by molar-refractivity contribution is 7.99. The molecular weight excluding hydrogens is 334 g/mol. The lowest BCUT2D eigenvalue weighted by Gasteiger charge is -2.21. The Morgan fingerprint density at radius 3 is 2.92 bits per heavy atom. The highest BCUT2D eigenvalue weighted by atomic mass is 32.2. The Balaban J connectivity index is 1.67. The number of hydrogen-bond donors (Lipinski definition) is 1. The standard InChI is InChI=1S/C19H29N3O2S/c1-3-24-18(23)10-7-12-21-19(20-2)22-13-11-16(14-22)15-25-17-8-5-4-6-9-17/h4-6,8-9,16H,3,7,10-15H2,1-2H3,(H,20,21). The zero-order chi connectivity index (χ0) is 17.9. The number of benzene rings is 1. The van der Waals surface area contributed by atoms with Gasteiger partial charge < -0.3 is 15.0 Å². The molecule has 0 aliphatic carbocycles. The fourth-order valence-corrected chi connectivity index (χ4v) is 3.94. The van der Waals surface area contributed by atoms with Gasteiger partial charge in [-0.2, -0.15) is 0 Å². The Kier molecular flexibility index (Phi) is 8.66. The number of rotatable bonds is 8. The molecule has 0 bridgehead atoms. The molecule has 0 aromatic heterocycles.